The van der Waals surface area contributed by atoms with Gasteiger partial charge in [-0.3, -0.25) is 4.79 Å². The molecule has 2 aromatic rings. The third-order valence-electron chi connectivity index (χ3n) is 3.03. The monoisotopic (exact) mass is 344 g/mol. The van der Waals surface area contributed by atoms with Crippen molar-refractivity contribution in [2.75, 3.05) is 18.2 Å². The summed E-state index contributed by atoms with van der Waals surface area (Å²) in [7, 11) is 1.29. The maximum Gasteiger partial charge on any atom is 0.416 e. The van der Waals surface area contributed by atoms with Gasteiger partial charge in [-0.2, -0.15) is 13.2 Å². The van der Waals surface area contributed by atoms with E-state index in [-0.39, 0.29) is 27.7 Å². The van der Waals surface area contributed by atoms with Gasteiger partial charge in [0.1, 0.15) is 5.75 Å². The maximum absolute atomic E-state index is 12.8. The largest absolute Gasteiger partial charge is 0.495 e. The van der Waals surface area contributed by atoms with Gasteiger partial charge in [0.05, 0.1) is 29.1 Å². The topological polar surface area (TPSA) is 64.3 Å². The highest BCUT2D eigenvalue weighted by atomic mass is 35.5. The Morgan fingerprint density at radius 3 is 2.48 bits per heavy atom. The lowest BCUT2D eigenvalue weighted by Crippen LogP contribution is -2.14. The number of hydrogen-bond acceptors (Lipinski definition) is 3. The fourth-order valence-electron chi connectivity index (χ4n) is 1.86. The third kappa shape index (κ3) is 3.87. The molecule has 0 aromatic heterocycles. The summed E-state index contributed by atoms with van der Waals surface area (Å²) < 4.78 is 43.3. The van der Waals surface area contributed by atoms with Crippen LogP contribution in [0, 0.1) is 0 Å². The van der Waals surface area contributed by atoms with Crippen molar-refractivity contribution in [3.63, 3.8) is 0 Å². The number of amides is 1. The van der Waals surface area contributed by atoms with Crippen molar-refractivity contribution in [2.24, 2.45) is 0 Å². The van der Waals surface area contributed by atoms with E-state index in [2.05, 4.69) is 5.32 Å². The fraction of sp³-hybridized carbons (Fsp3) is 0.133. The molecule has 122 valence electrons. The van der Waals surface area contributed by atoms with Gasteiger partial charge in [0.15, 0.2) is 0 Å². The van der Waals surface area contributed by atoms with E-state index < -0.39 is 17.6 Å². The number of nitrogens with two attached hydrogens (primary N) is 1. The van der Waals surface area contributed by atoms with Crippen LogP contribution in [-0.2, 0) is 6.18 Å². The summed E-state index contributed by atoms with van der Waals surface area (Å²) in [6.07, 6.45) is -4.53. The van der Waals surface area contributed by atoms with Crippen molar-refractivity contribution in [1.82, 2.24) is 0 Å². The predicted octanol–water partition coefficient (Wildman–Crippen LogP) is 4.20. The SMILES string of the molecule is COc1ccc(C(F)(F)F)cc1NC(=O)c1ccc(Cl)c(N)c1. The lowest BCUT2D eigenvalue weighted by atomic mass is 10.1. The average molecular weight is 345 g/mol. The Balaban J connectivity index is 2.34. The van der Waals surface area contributed by atoms with E-state index in [0.29, 0.717) is 0 Å². The van der Waals surface area contributed by atoms with Gasteiger partial charge in [-0.15, -0.1) is 0 Å². The van der Waals surface area contributed by atoms with E-state index in [1.54, 1.807) is 0 Å². The number of rotatable bonds is 3. The van der Waals surface area contributed by atoms with Gasteiger partial charge >= 0.3 is 6.18 Å². The van der Waals surface area contributed by atoms with Crippen molar-refractivity contribution < 1.29 is 22.7 Å². The van der Waals surface area contributed by atoms with Gasteiger partial charge in [0.25, 0.3) is 5.91 Å². The van der Waals surface area contributed by atoms with Crippen LogP contribution in [0.1, 0.15) is 15.9 Å². The van der Waals surface area contributed by atoms with E-state index in [4.69, 9.17) is 22.1 Å². The molecule has 8 heteroatoms. The van der Waals surface area contributed by atoms with Gasteiger partial charge in [0, 0.05) is 5.56 Å². The standard InChI is InChI=1S/C15H12ClF3N2O2/c1-23-13-5-3-9(15(17,18)19)7-12(13)21-14(22)8-2-4-10(16)11(20)6-8/h2-7H,20H2,1H3,(H,21,22). The number of benzene rings is 2. The van der Waals surface area contributed by atoms with Crippen LogP contribution in [0.25, 0.3) is 0 Å². The molecule has 0 heterocycles. The number of methoxy groups -OCH3 is 1. The highest BCUT2D eigenvalue weighted by molar-refractivity contribution is 6.33. The molecule has 2 rings (SSSR count). The van der Waals surface area contributed by atoms with Crippen molar-refractivity contribution in [3.8, 4) is 5.75 Å². The first-order valence-corrected chi connectivity index (χ1v) is 6.72. The molecular weight excluding hydrogens is 333 g/mol. The molecule has 0 saturated heterocycles. The molecule has 23 heavy (non-hydrogen) atoms. The zero-order chi connectivity index (χ0) is 17.2. The number of alkyl halides is 3. The second-order valence-corrected chi connectivity index (χ2v) is 5.01. The number of halogens is 4. The summed E-state index contributed by atoms with van der Waals surface area (Å²) in [5.41, 5.74) is 4.96. The minimum atomic E-state index is -4.53. The molecule has 0 unspecified atom stereocenters. The molecule has 0 fully saturated rings. The van der Waals surface area contributed by atoms with Crippen LogP contribution >= 0.6 is 11.6 Å². The number of ether oxygens (including phenoxy) is 1. The van der Waals surface area contributed by atoms with E-state index in [0.717, 1.165) is 18.2 Å². The maximum atomic E-state index is 12.8. The number of nitrogen functional groups attached to an aromatic ring is 1. The summed E-state index contributed by atoms with van der Waals surface area (Å²) in [4.78, 5) is 12.2. The average Bonchev–Trinajstić information content (AvgIpc) is 2.49. The van der Waals surface area contributed by atoms with Crippen LogP contribution < -0.4 is 15.8 Å². The van der Waals surface area contributed by atoms with Crippen LogP contribution in [0.3, 0.4) is 0 Å². The van der Waals surface area contributed by atoms with Crippen molar-refractivity contribution >= 4 is 28.9 Å². The Hall–Kier alpha value is -2.41. The van der Waals surface area contributed by atoms with E-state index in [1.807, 2.05) is 0 Å². The molecule has 0 aliphatic rings. The minimum absolute atomic E-state index is 0.0964. The first-order chi connectivity index (χ1) is 10.7. The molecule has 0 saturated carbocycles. The summed E-state index contributed by atoms with van der Waals surface area (Å²) in [5.74, 6) is -0.528. The molecular formula is C15H12ClF3N2O2. The molecule has 0 radical (unpaired) electrons. The van der Waals surface area contributed by atoms with Crippen molar-refractivity contribution in [2.45, 2.75) is 6.18 Å². The van der Waals surface area contributed by atoms with Gasteiger partial charge in [0.2, 0.25) is 0 Å². The first kappa shape index (κ1) is 17.0. The molecule has 0 atom stereocenters. The Labute approximate surface area is 135 Å². The molecule has 4 nitrogen and oxygen atoms in total. The van der Waals surface area contributed by atoms with E-state index in [9.17, 15) is 18.0 Å². The predicted molar refractivity (Wildman–Crippen MR) is 81.8 cm³/mol. The zero-order valence-electron chi connectivity index (χ0n) is 11.9. The Bertz CT molecular complexity index is 748. The normalized spacial score (nSPS) is 11.2. The van der Waals surface area contributed by atoms with E-state index in [1.165, 1.54) is 25.3 Å². The van der Waals surface area contributed by atoms with Crippen molar-refractivity contribution in [1.29, 1.82) is 0 Å². The second kappa shape index (κ2) is 6.37. The number of anilines is 2. The van der Waals surface area contributed by atoms with Gasteiger partial charge in [-0.1, -0.05) is 11.6 Å². The minimum Gasteiger partial charge on any atom is -0.495 e. The molecule has 0 aliphatic carbocycles. The Kier molecular flexibility index (Phi) is 4.70. The highest BCUT2D eigenvalue weighted by Crippen LogP contribution is 2.35. The molecule has 3 N–H and O–H groups in total. The van der Waals surface area contributed by atoms with Crippen LogP contribution in [-0.4, -0.2) is 13.0 Å². The number of nitrogens with one attached hydrogen (secondary N) is 1. The summed E-state index contributed by atoms with van der Waals surface area (Å²) >= 11 is 5.76. The molecule has 0 spiro atoms. The molecule has 0 aliphatic heterocycles. The van der Waals surface area contributed by atoms with E-state index >= 15 is 0 Å². The first-order valence-electron chi connectivity index (χ1n) is 6.34. The zero-order valence-corrected chi connectivity index (χ0v) is 12.6. The Morgan fingerprint density at radius 2 is 1.91 bits per heavy atom. The summed E-state index contributed by atoms with van der Waals surface area (Å²) in [6.45, 7) is 0. The molecule has 1 amide bonds. The smallest absolute Gasteiger partial charge is 0.416 e. The van der Waals surface area contributed by atoms with Crippen LogP contribution in [0.5, 0.6) is 5.75 Å². The van der Waals surface area contributed by atoms with Crippen LogP contribution in [0.2, 0.25) is 5.02 Å². The number of carbonyl (C=O) groups excluding carboxylic acids is 1. The van der Waals surface area contributed by atoms with Crippen molar-refractivity contribution in [3.05, 3.63) is 52.5 Å². The van der Waals surface area contributed by atoms with Crippen LogP contribution in [0.4, 0.5) is 24.5 Å². The Morgan fingerprint density at radius 1 is 1.22 bits per heavy atom. The summed E-state index contributed by atoms with van der Waals surface area (Å²) in [6, 6.07) is 6.97. The lowest BCUT2D eigenvalue weighted by Gasteiger charge is -2.14. The molecule has 0 bridgehead atoms. The second-order valence-electron chi connectivity index (χ2n) is 4.60. The van der Waals surface area contributed by atoms with Gasteiger partial charge in [-0.25, -0.2) is 0 Å². The number of carbonyl (C=O) groups is 1. The fourth-order valence-corrected chi connectivity index (χ4v) is 1.98. The third-order valence-corrected chi connectivity index (χ3v) is 3.38. The van der Waals surface area contributed by atoms with Gasteiger partial charge < -0.3 is 15.8 Å². The summed E-state index contributed by atoms with van der Waals surface area (Å²) in [5, 5.41) is 2.65. The highest BCUT2D eigenvalue weighted by Gasteiger charge is 2.31. The lowest BCUT2D eigenvalue weighted by molar-refractivity contribution is -0.137. The quantitative estimate of drug-likeness (QED) is 0.820. The number of hydrogen-bond donors (Lipinski definition) is 2. The van der Waals surface area contributed by atoms with Crippen LogP contribution in [0.15, 0.2) is 36.4 Å². The van der Waals surface area contributed by atoms with Gasteiger partial charge in [-0.05, 0) is 36.4 Å². The molecule has 2 aromatic carbocycles.